The Morgan fingerprint density at radius 3 is 1.43 bits per heavy atom. The minimum absolute atomic E-state index is 0.0526. The van der Waals surface area contributed by atoms with E-state index in [2.05, 4.69) is 55.7 Å². The number of ether oxygens (including phenoxy) is 4. The molecule has 2 fully saturated rings. The highest BCUT2D eigenvalue weighted by Gasteiger charge is 2.45. The first-order valence-corrected chi connectivity index (χ1v) is 37.0. The minimum Gasteiger partial charge on any atom is -0.481 e. The molecule has 544 valence electrons. The van der Waals surface area contributed by atoms with Gasteiger partial charge in [-0.1, -0.05) is 126 Å². The molecule has 8 N–H and O–H groups in total. The molecule has 0 aliphatic carbocycles. The zero-order chi connectivity index (χ0) is 72.3. The van der Waals surface area contributed by atoms with E-state index < -0.39 is 53.2 Å². The summed E-state index contributed by atoms with van der Waals surface area (Å²) in [4.78, 5) is 100. The van der Waals surface area contributed by atoms with Crippen LogP contribution in [0, 0.1) is 24.7 Å². The van der Waals surface area contributed by atoms with Gasteiger partial charge in [0.15, 0.2) is 0 Å². The predicted octanol–water partition coefficient (Wildman–Crippen LogP) is 10.9. The maximum Gasteiger partial charge on any atom is 0.306 e. The van der Waals surface area contributed by atoms with Crippen LogP contribution in [-0.2, 0) is 65.6 Å². The van der Waals surface area contributed by atoms with Crippen LogP contribution in [0.3, 0.4) is 0 Å². The summed E-state index contributed by atoms with van der Waals surface area (Å²) in [5.74, 6) is -2.30. The van der Waals surface area contributed by atoms with Crippen LogP contribution in [0.25, 0.3) is 20.9 Å². The number of carboxylic acid groups (broad SMARTS) is 1. The molecule has 97 heavy (non-hydrogen) atoms. The van der Waals surface area contributed by atoms with Crippen molar-refractivity contribution in [2.24, 2.45) is 16.6 Å². The number of halogens is 1. The van der Waals surface area contributed by atoms with E-state index in [0.29, 0.717) is 58.8 Å². The van der Waals surface area contributed by atoms with Crippen LogP contribution >= 0.6 is 38.6 Å². The molecule has 0 radical (unpaired) electrons. The zero-order valence-corrected chi connectivity index (χ0v) is 63.0. The lowest BCUT2D eigenvalue weighted by molar-refractivity contribution is -0.155. The van der Waals surface area contributed by atoms with Crippen molar-refractivity contribution in [3.63, 3.8) is 0 Å². The van der Waals surface area contributed by atoms with Gasteiger partial charge in [-0.2, -0.15) is 0 Å². The Morgan fingerprint density at radius 1 is 0.598 bits per heavy atom. The van der Waals surface area contributed by atoms with E-state index in [4.69, 9.17) is 29.8 Å². The lowest BCUT2D eigenvalue weighted by Crippen LogP contribution is -2.57. The summed E-state index contributed by atoms with van der Waals surface area (Å²) in [6.45, 7) is 30.2. The first-order chi connectivity index (χ1) is 45.8. The van der Waals surface area contributed by atoms with Crippen LogP contribution in [0.2, 0.25) is 0 Å². The van der Waals surface area contributed by atoms with Gasteiger partial charge in [-0.05, 0) is 119 Å². The molecule has 4 heterocycles. The molecule has 2 aromatic carbocycles. The SMILES string of the molecule is CC(C)(C)OC(=O)CCCCOCCBr.CCCCOCCCCC(=O)O.CCCOCCCCC(=O)N[C@H](C(=O)N1C[C@H](O)C[C@H]1C(=O)NCc1ccc(-c2scnc2C)cc1)C(C)(C)C.Cc1ncsc1-c1ccc(CNC(=O)[C@@H]2C[C@@H](O)CN2C(=O)[C@@H](N)C(C)(C)C)cc1. The molecule has 0 saturated carbocycles. The van der Waals surface area contributed by atoms with Gasteiger partial charge in [0.1, 0.15) is 23.7 Å². The van der Waals surface area contributed by atoms with Gasteiger partial charge in [-0.15, -0.1) is 22.7 Å². The Kier molecular flexibility index (Phi) is 39.1. The number of alkyl halides is 1. The Bertz CT molecular complexity index is 2980. The van der Waals surface area contributed by atoms with Gasteiger partial charge in [0.05, 0.1) is 57.0 Å². The van der Waals surface area contributed by atoms with E-state index in [-0.39, 0.29) is 73.5 Å². The third kappa shape index (κ3) is 32.8. The van der Waals surface area contributed by atoms with Crippen molar-refractivity contribution < 1.29 is 67.8 Å². The van der Waals surface area contributed by atoms with Crippen LogP contribution in [-0.4, -0.2) is 177 Å². The number of unbranched alkanes of at least 4 members (excludes halogenated alkanes) is 4. The van der Waals surface area contributed by atoms with Crippen LogP contribution in [0.5, 0.6) is 0 Å². The molecule has 2 saturated heterocycles. The average molecular weight is 1460 g/mol. The maximum atomic E-state index is 13.7. The molecule has 6 rings (SSSR count). The second-order valence-electron chi connectivity index (χ2n) is 27.6. The number of amides is 5. The number of aliphatic carboxylic acids is 1. The number of nitrogens with one attached hydrogen (secondary N) is 3. The fraction of sp³-hybridized carbons (Fsp3) is 0.653. The van der Waals surface area contributed by atoms with Crippen molar-refractivity contribution in [2.45, 2.75) is 235 Å². The topological polar surface area (TPSA) is 311 Å². The summed E-state index contributed by atoms with van der Waals surface area (Å²) < 4.78 is 21.2. The monoisotopic (exact) mass is 1460 g/mol. The number of aliphatic hydroxyl groups excluding tert-OH is 2. The highest BCUT2D eigenvalue weighted by molar-refractivity contribution is 9.09. The van der Waals surface area contributed by atoms with E-state index in [1.54, 1.807) is 22.7 Å². The number of hydrogen-bond acceptors (Lipinski definition) is 18. The normalized spacial score (nSPS) is 16.7. The molecule has 0 unspecified atom stereocenters. The summed E-state index contributed by atoms with van der Waals surface area (Å²) in [6, 6.07) is 12.8. The first kappa shape index (κ1) is 85.5. The van der Waals surface area contributed by atoms with E-state index >= 15 is 0 Å². The predicted molar refractivity (Wildman–Crippen MR) is 386 cm³/mol. The van der Waals surface area contributed by atoms with Crippen LogP contribution in [0.4, 0.5) is 0 Å². The molecular formula is C72H113BrN8O14S2. The smallest absolute Gasteiger partial charge is 0.306 e. The molecule has 2 aromatic heterocycles. The number of benzene rings is 2. The van der Waals surface area contributed by atoms with Crippen molar-refractivity contribution in [3.05, 3.63) is 82.1 Å². The third-order valence-corrected chi connectivity index (χ3v) is 17.9. The van der Waals surface area contributed by atoms with Gasteiger partial charge in [0.2, 0.25) is 29.5 Å². The number of aryl methyl sites for hydroxylation is 2. The summed E-state index contributed by atoms with van der Waals surface area (Å²) in [6.07, 6.45) is 7.85. The van der Waals surface area contributed by atoms with E-state index in [1.807, 2.05) is 136 Å². The van der Waals surface area contributed by atoms with Crippen LogP contribution in [0.15, 0.2) is 59.6 Å². The van der Waals surface area contributed by atoms with Crippen molar-refractivity contribution in [1.29, 1.82) is 0 Å². The molecule has 2 aliphatic rings. The number of carboxylic acids is 1. The largest absolute Gasteiger partial charge is 0.481 e. The number of hydrogen-bond donors (Lipinski definition) is 7. The second kappa shape index (κ2) is 44.4. The standard InChI is InChI=1S/C30H44N4O5S.C22H30N4O3S.C11H21BrO3.C9H18O3/c1-6-14-39-15-8-7-9-25(36)33-27(30(3,4)5)29(38)34-18-23(35)16-24(34)28(37)31-17-21-10-12-22(13-11-21)26-20(2)32-19-40-26;1-13-18(30-12-25-13)15-7-5-14(6-8-15)10-24-20(28)17-9-16(27)11-26(17)21(29)19(23)22(2,3)4;1-11(2,3)15-10(13)6-4-5-8-14-9-7-12;1-2-3-7-12-8-5-4-6-9(10)11/h10-13,19,23-24,27,35H,6-9,14-18H2,1-5H3,(H,31,37)(H,33,36);5-8,12,16-17,19,27H,9-11,23H2,1-4H3,(H,24,28);4-9H2,1-3H3;2-8H2,1H3,(H,10,11)/t23-,24+,27-;16-,17+,19-;;/m11../s1. The van der Waals surface area contributed by atoms with Gasteiger partial charge < -0.3 is 65.8 Å². The van der Waals surface area contributed by atoms with E-state index in [9.17, 15) is 43.8 Å². The number of rotatable bonds is 33. The molecule has 22 nitrogen and oxygen atoms in total. The molecule has 5 amide bonds. The highest BCUT2D eigenvalue weighted by Crippen LogP contribution is 2.31. The lowest BCUT2D eigenvalue weighted by atomic mass is 9.85. The van der Waals surface area contributed by atoms with Crippen molar-refractivity contribution >= 4 is 80.1 Å². The number of esters is 1. The van der Waals surface area contributed by atoms with Gasteiger partial charge in [0, 0.05) is 96.6 Å². The molecular weight excluding hydrogens is 1340 g/mol. The molecule has 25 heteroatoms. The quantitative estimate of drug-likeness (QED) is 0.0132. The molecule has 2 aliphatic heterocycles. The van der Waals surface area contributed by atoms with Crippen molar-refractivity contribution in [3.8, 4) is 20.9 Å². The van der Waals surface area contributed by atoms with Crippen molar-refractivity contribution in [2.75, 3.05) is 58.1 Å². The molecule has 6 atom stereocenters. The maximum absolute atomic E-state index is 13.7. The van der Waals surface area contributed by atoms with Crippen molar-refractivity contribution in [1.82, 2.24) is 35.7 Å². The lowest BCUT2D eigenvalue weighted by Gasteiger charge is -2.35. The van der Waals surface area contributed by atoms with Gasteiger partial charge in [-0.3, -0.25) is 33.6 Å². The Balaban J connectivity index is 0.000000375. The number of β-amino-alcohol motifs (C(OH)–C–C–N with tert-alkyl or cyclic N) is 2. The fourth-order valence-electron chi connectivity index (χ4n) is 10.1. The van der Waals surface area contributed by atoms with Crippen LogP contribution in [0.1, 0.15) is 189 Å². The first-order valence-electron chi connectivity index (χ1n) is 34.1. The van der Waals surface area contributed by atoms with Gasteiger partial charge >= 0.3 is 11.9 Å². The summed E-state index contributed by atoms with van der Waals surface area (Å²) >= 11 is 6.46. The summed E-state index contributed by atoms with van der Waals surface area (Å²) in [5, 5.41) is 38.3. The highest BCUT2D eigenvalue weighted by atomic mass is 79.9. The molecule has 0 bridgehead atoms. The number of likely N-dealkylation sites (tertiary alicyclic amines) is 2. The Hall–Kier alpha value is -5.77. The van der Waals surface area contributed by atoms with E-state index in [0.717, 1.165) is 113 Å². The fourth-order valence-corrected chi connectivity index (χ4v) is 12.0. The zero-order valence-electron chi connectivity index (χ0n) is 59.8. The molecule has 4 aromatic rings. The number of thiazole rings is 2. The number of carbonyl (C=O) groups excluding carboxylic acids is 6. The third-order valence-electron chi connectivity index (χ3n) is 15.6. The number of carbonyl (C=O) groups is 7. The van der Waals surface area contributed by atoms with Crippen LogP contribution < -0.4 is 21.7 Å². The second-order valence-corrected chi connectivity index (χ2v) is 30.1. The minimum atomic E-state index is -0.820. The van der Waals surface area contributed by atoms with Gasteiger partial charge in [-0.25, -0.2) is 9.97 Å². The number of nitrogens with two attached hydrogens (primary N) is 1. The Labute approximate surface area is 592 Å². The number of aliphatic hydroxyl groups is 2. The van der Waals surface area contributed by atoms with Gasteiger partial charge in [0.25, 0.3) is 0 Å². The number of aromatic nitrogens is 2. The summed E-state index contributed by atoms with van der Waals surface area (Å²) in [5.41, 5.74) is 14.4. The van der Waals surface area contributed by atoms with E-state index in [1.165, 1.54) is 9.80 Å². The Morgan fingerprint density at radius 2 is 1.03 bits per heavy atom. The summed E-state index contributed by atoms with van der Waals surface area (Å²) in [7, 11) is 0. The molecule has 0 spiro atoms. The number of nitrogens with zero attached hydrogens (tertiary/aromatic N) is 4. The average Bonchev–Trinajstić information content (AvgIpc) is 1.74.